The molecule has 3 rings (SSSR count). The molecule has 100 valence electrons. The van der Waals surface area contributed by atoms with Crippen LogP contribution in [0.15, 0.2) is 16.6 Å². The molecule has 1 aliphatic rings. The lowest BCUT2D eigenvalue weighted by Gasteiger charge is -2.21. The lowest BCUT2D eigenvalue weighted by Crippen LogP contribution is -2.11. The zero-order chi connectivity index (χ0) is 13.4. The number of pyridine rings is 1. The molecule has 0 aliphatic heterocycles. The van der Waals surface area contributed by atoms with Crippen molar-refractivity contribution < 1.29 is 0 Å². The molecule has 1 heterocycles. The summed E-state index contributed by atoms with van der Waals surface area (Å²) in [6.45, 7) is 3.04. The number of aromatic nitrogens is 1. The highest BCUT2D eigenvalue weighted by Crippen LogP contribution is 2.37. The lowest BCUT2D eigenvalue weighted by molar-refractivity contribution is 0.672. The Morgan fingerprint density at radius 1 is 1.32 bits per heavy atom. The number of nitrogens with zero attached hydrogens (tertiary/aromatic N) is 1. The number of halogens is 2. The van der Waals surface area contributed by atoms with Gasteiger partial charge in [0.15, 0.2) is 0 Å². The maximum Gasteiger partial charge on any atom is 0.0913 e. The lowest BCUT2D eigenvalue weighted by atomic mass is 9.92. The molecule has 0 radical (unpaired) electrons. The van der Waals surface area contributed by atoms with Crippen LogP contribution in [-0.4, -0.2) is 11.5 Å². The molecular weight excluding hydrogens is 324 g/mol. The average Bonchev–Trinajstić information content (AvgIpc) is 2.40. The molecule has 0 atom stereocenters. The van der Waals surface area contributed by atoms with Gasteiger partial charge >= 0.3 is 0 Å². The van der Waals surface area contributed by atoms with Crippen molar-refractivity contribution in [1.29, 1.82) is 0 Å². The highest BCUT2D eigenvalue weighted by atomic mass is 79.9. The van der Waals surface area contributed by atoms with Gasteiger partial charge in [0.25, 0.3) is 0 Å². The minimum absolute atomic E-state index is 0.719. The molecule has 4 heteroatoms. The SMILES string of the molecule is CCNc1c2c(nc3c(Cl)cc(Br)cc13)CCCC2. The van der Waals surface area contributed by atoms with Gasteiger partial charge in [0.2, 0.25) is 0 Å². The van der Waals surface area contributed by atoms with Crippen molar-refractivity contribution in [2.75, 3.05) is 11.9 Å². The number of fused-ring (bicyclic) bond motifs is 2. The Balaban J connectivity index is 2.35. The molecule has 19 heavy (non-hydrogen) atoms. The standard InChI is InChI=1S/C15H16BrClN2/c1-2-18-14-10-5-3-4-6-13(10)19-15-11(14)7-9(16)8-12(15)17/h7-8H,2-6H2,1H3,(H,18,19). The van der Waals surface area contributed by atoms with E-state index in [1.165, 1.54) is 29.8 Å². The smallest absolute Gasteiger partial charge is 0.0913 e. The van der Waals surface area contributed by atoms with Crippen LogP contribution < -0.4 is 5.32 Å². The van der Waals surface area contributed by atoms with Crippen molar-refractivity contribution in [1.82, 2.24) is 4.98 Å². The fourth-order valence-corrected chi connectivity index (χ4v) is 3.68. The van der Waals surface area contributed by atoms with Crippen LogP contribution in [0.25, 0.3) is 10.9 Å². The largest absolute Gasteiger partial charge is 0.384 e. The summed E-state index contributed by atoms with van der Waals surface area (Å²) >= 11 is 9.88. The first-order valence-electron chi connectivity index (χ1n) is 6.75. The molecule has 0 unspecified atom stereocenters. The van der Waals surface area contributed by atoms with Gasteiger partial charge in [-0.25, -0.2) is 0 Å². The summed E-state index contributed by atoms with van der Waals surface area (Å²) in [5, 5.41) is 5.36. The number of hydrogen-bond donors (Lipinski definition) is 1. The van der Waals surface area contributed by atoms with Crippen molar-refractivity contribution in [2.45, 2.75) is 32.6 Å². The minimum Gasteiger partial charge on any atom is -0.384 e. The fraction of sp³-hybridized carbons (Fsp3) is 0.400. The topological polar surface area (TPSA) is 24.9 Å². The first-order chi connectivity index (χ1) is 9.20. The van der Waals surface area contributed by atoms with E-state index in [1.54, 1.807) is 0 Å². The first-order valence-corrected chi connectivity index (χ1v) is 7.92. The third-order valence-corrected chi connectivity index (χ3v) is 4.38. The highest BCUT2D eigenvalue weighted by Gasteiger charge is 2.19. The Kier molecular flexibility index (Phi) is 3.68. The molecule has 1 aromatic heterocycles. The molecular formula is C15H16BrClN2. The van der Waals surface area contributed by atoms with Crippen LogP contribution in [0, 0.1) is 0 Å². The van der Waals surface area contributed by atoms with Gasteiger partial charge in [-0.15, -0.1) is 0 Å². The van der Waals surface area contributed by atoms with E-state index in [9.17, 15) is 0 Å². The summed E-state index contributed by atoms with van der Waals surface area (Å²) in [7, 11) is 0. The Hall–Kier alpha value is -0.800. The molecule has 1 aromatic carbocycles. The van der Waals surface area contributed by atoms with Gasteiger partial charge in [-0.1, -0.05) is 27.5 Å². The Morgan fingerprint density at radius 3 is 2.89 bits per heavy atom. The fourth-order valence-electron chi connectivity index (χ4n) is 2.83. The summed E-state index contributed by atoms with van der Waals surface area (Å²) in [4.78, 5) is 4.81. The number of anilines is 1. The molecule has 2 aromatic rings. The zero-order valence-corrected chi connectivity index (χ0v) is 13.2. The van der Waals surface area contributed by atoms with Crippen LogP contribution >= 0.6 is 27.5 Å². The number of hydrogen-bond acceptors (Lipinski definition) is 2. The van der Waals surface area contributed by atoms with E-state index in [-0.39, 0.29) is 0 Å². The zero-order valence-electron chi connectivity index (χ0n) is 10.9. The second-order valence-electron chi connectivity index (χ2n) is 4.93. The van der Waals surface area contributed by atoms with Gasteiger partial charge < -0.3 is 5.32 Å². The van der Waals surface area contributed by atoms with E-state index in [2.05, 4.69) is 34.2 Å². The normalized spacial score (nSPS) is 14.5. The predicted octanol–water partition coefficient (Wildman–Crippen LogP) is 4.96. The van der Waals surface area contributed by atoms with Crippen molar-refractivity contribution in [3.63, 3.8) is 0 Å². The van der Waals surface area contributed by atoms with Gasteiger partial charge in [0.1, 0.15) is 0 Å². The summed E-state index contributed by atoms with van der Waals surface area (Å²) in [5.41, 5.74) is 4.75. The molecule has 0 spiro atoms. The van der Waals surface area contributed by atoms with Crippen LogP contribution in [0.1, 0.15) is 31.0 Å². The maximum absolute atomic E-state index is 6.36. The van der Waals surface area contributed by atoms with Crippen molar-refractivity contribution >= 4 is 44.1 Å². The quantitative estimate of drug-likeness (QED) is 0.836. The third kappa shape index (κ3) is 2.34. The van der Waals surface area contributed by atoms with Crippen molar-refractivity contribution in [2.24, 2.45) is 0 Å². The molecule has 1 aliphatic carbocycles. The molecule has 2 nitrogen and oxygen atoms in total. The summed E-state index contributed by atoms with van der Waals surface area (Å²) in [5.74, 6) is 0. The van der Waals surface area contributed by atoms with Crippen LogP contribution in [0.2, 0.25) is 5.02 Å². The number of nitrogens with one attached hydrogen (secondary N) is 1. The summed E-state index contributed by atoms with van der Waals surface area (Å²) < 4.78 is 1.00. The van der Waals surface area contributed by atoms with Gasteiger partial charge in [-0.05, 0) is 50.3 Å². The van der Waals surface area contributed by atoms with Gasteiger partial charge in [-0.2, -0.15) is 0 Å². The molecule has 0 amide bonds. The van der Waals surface area contributed by atoms with Gasteiger partial charge in [0.05, 0.1) is 10.5 Å². The number of rotatable bonds is 2. The van der Waals surface area contributed by atoms with E-state index in [0.29, 0.717) is 0 Å². The second-order valence-corrected chi connectivity index (χ2v) is 6.26. The van der Waals surface area contributed by atoms with E-state index in [4.69, 9.17) is 16.6 Å². The highest BCUT2D eigenvalue weighted by molar-refractivity contribution is 9.10. The van der Waals surface area contributed by atoms with Gasteiger partial charge in [0, 0.05) is 27.8 Å². The first kappa shape index (κ1) is 13.2. The Labute approximate surface area is 126 Å². The van der Waals surface area contributed by atoms with Gasteiger partial charge in [-0.3, -0.25) is 4.98 Å². The molecule has 1 N–H and O–H groups in total. The molecule has 0 bridgehead atoms. The minimum atomic E-state index is 0.719. The Morgan fingerprint density at radius 2 is 2.11 bits per heavy atom. The van der Waals surface area contributed by atoms with Crippen LogP contribution in [0.4, 0.5) is 5.69 Å². The van der Waals surface area contributed by atoms with Crippen LogP contribution in [-0.2, 0) is 12.8 Å². The molecule has 0 saturated carbocycles. The predicted molar refractivity (Wildman–Crippen MR) is 85.3 cm³/mol. The van der Waals surface area contributed by atoms with Crippen molar-refractivity contribution in [3.8, 4) is 0 Å². The van der Waals surface area contributed by atoms with E-state index >= 15 is 0 Å². The molecule has 0 saturated heterocycles. The second kappa shape index (κ2) is 5.29. The Bertz CT molecular complexity index is 640. The van der Waals surface area contributed by atoms with E-state index in [1.807, 2.05) is 6.07 Å². The molecule has 0 fully saturated rings. The number of aryl methyl sites for hydroxylation is 1. The summed E-state index contributed by atoms with van der Waals surface area (Å²) in [6, 6.07) is 4.03. The van der Waals surface area contributed by atoms with Crippen LogP contribution in [0.5, 0.6) is 0 Å². The number of benzene rings is 1. The van der Waals surface area contributed by atoms with E-state index < -0.39 is 0 Å². The third-order valence-electron chi connectivity index (χ3n) is 3.64. The maximum atomic E-state index is 6.36. The van der Waals surface area contributed by atoms with Crippen LogP contribution in [0.3, 0.4) is 0 Å². The monoisotopic (exact) mass is 338 g/mol. The average molecular weight is 340 g/mol. The van der Waals surface area contributed by atoms with E-state index in [0.717, 1.165) is 39.8 Å². The van der Waals surface area contributed by atoms with Crippen molar-refractivity contribution in [3.05, 3.63) is 32.9 Å². The summed E-state index contributed by atoms with van der Waals surface area (Å²) in [6.07, 6.45) is 4.66.